The molecule has 750 valence electrons. The van der Waals surface area contributed by atoms with Gasteiger partial charge in [-0.05, 0) is 197 Å². The van der Waals surface area contributed by atoms with Crippen LogP contribution in [0.5, 0.6) is 86.2 Å². The summed E-state index contributed by atoms with van der Waals surface area (Å²) >= 11 is 5.45. The monoisotopic (exact) mass is 2130 g/mol. The van der Waals surface area contributed by atoms with Gasteiger partial charge in [-0.2, -0.15) is 0 Å². The first-order valence-electron chi connectivity index (χ1n) is 42.4. The molecule has 0 spiro atoms. The number of benzene rings is 5. The number of hydrogen-bond acceptors (Lipinski definition) is 40. The second kappa shape index (κ2) is 45.3. The molecule has 0 bridgehead atoms. The lowest BCUT2D eigenvalue weighted by Gasteiger charge is -2.24. The Hall–Kier alpha value is -13.6. The summed E-state index contributed by atoms with van der Waals surface area (Å²) < 4.78 is 241. The summed E-state index contributed by atoms with van der Waals surface area (Å²) in [5.41, 5.74) is 2.15. The molecule has 10 heterocycles. The van der Waals surface area contributed by atoms with E-state index in [1.165, 1.54) is 150 Å². The second-order valence-electron chi connectivity index (χ2n) is 31.1. The number of ether oxygens (including phenoxy) is 19. The number of thiophene rings is 5. The molecule has 5 aromatic heterocycles. The third-order valence-electron chi connectivity index (χ3n) is 20.2. The van der Waals surface area contributed by atoms with Crippen LogP contribution in [0, 0.1) is 0 Å². The van der Waals surface area contributed by atoms with Gasteiger partial charge in [0, 0.05) is 58.2 Å². The fourth-order valence-corrected chi connectivity index (χ4v) is 23.6. The van der Waals surface area contributed by atoms with E-state index in [0.717, 1.165) is 108 Å². The average Bonchev–Trinajstić information content (AvgIpc) is 1.71. The zero-order chi connectivity index (χ0) is 101. The Morgan fingerprint density at radius 3 is 0.816 bits per heavy atom. The molecule has 3 fully saturated rings. The summed E-state index contributed by atoms with van der Waals surface area (Å²) in [6.07, 6.45) is 20.7. The molecule has 40 nitrogen and oxygen atoms in total. The largest absolute Gasteiger partial charge is 0.504 e. The standard InChI is InChI=1S/C19H19NO7S2.C19H21NO7S2.2C18H17NO7S2.C17H17NO7S2/c1-24-17-12(7-8-15(21)27-13-4-2-5-13)10-14(18-19(17)26-11-25-18)20-29(22,23)16-6-3-9-28-16;1-19(2,3)27-14(21)8-7-12-10-13(17-18(16(12)24-4)26-11-25-17)20-29(22,23)15-6-5-9-28-15;1-23-16-11(4-7-14(20)26-12-5-6-12)9-13(17-18(16)25-10-24-17)19-28(21,22)15-3-2-8-27-15;20-14(26-12-3-1-4-12)7-6-11-9-13(17-18(16(11)21)25-10-24-17)19-28(22,23)15-5-2-8-27-15;1-3-23-13(19)7-6-11-9-12(16-17(15(11)22-2)25-10-24-16)18-27(20,21)14-5-4-8-26-14/h3,6-10,13,20H,2,4-5,11H2,1H3;5-10,20H,11H2,1-4H3;2-4,7-9,12,19H,5-6,10H2,1H3;2,5-9,12,19,21H,1,3-4,10H2;4-9,18H,3,10H2,1-2H3/b2*8-7+;7-4+;2*7-6+. The third kappa shape index (κ3) is 26.0. The van der Waals surface area contributed by atoms with E-state index in [0.29, 0.717) is 45.3 Å². The SMILES string of the molecule is CCOC(=O)/C=C/c1cc(NS(=O)(=O)c2cccs2)c2c(c1OC)OCO2.COc1c(/C=C/C(=O)OC(C)(C)C)cc(NS(=O)(=O)c2cccs2)c2c1OCO2.COc1c(/C=C/C(=O)OC2CC2)cc(NS(=O)(=O)c2cccs2)c2c1OCO2.COc1c(/C=C/C(=O)OC2CCC2)cc(NS(=O)(=O)c2cccs2)c2c1OCO2.O=C(/C=C/c1cc(NS(=O)(=O)c2cccs2)c2c(c1O)OCO2)OC1CCC1. The van der Waals surface area contributed by atoms with Crippen molar-refractivity contribution in [2.45, 2.75) is 124 Å². The number of nitrogens with one attached hydrogen (secondary N) is 5. The molecule has 8 aliphatic rings. The number of rotatable bonds is 33. The maximum atomic E-state index is 12.6. The molecule has 0 saturated heterocycles. The fourth-order valence-electron chi connectivity index (χ4n) is 13.3. The molecule has 0 unspecified atom stereocenters. The van der Waals surface area contributed by atoms with Crippen LogP contribution < -0.4 is 89.9 Å². The van der Waals surface area contributed by atoms with Gasteiger partial charge in [0.25, 0.3) is 50.1 Å². The number of carbonyl (C=O) groups excluding carboxylic acids is 5. The summed E-state index contributed by atoms with van der Waals surface area (Å²) in [6.45, 7) is 6.76. The molecule has 5 aliphatic heterocycles. The maximum absolute atomic E-state index is 12.6. The average molecular weight is 2140 g/mol. The maximum Gasteiger partial charge on any atom is 0.331 e. The van der Waals surface area contributed by atoms with Gasteiger partial charge in [-0.1, -0.05) is 30.3 Å². The Bertz CT molecular complexity index is 7030. The van der Waals surface area contributed by atoms with Crippen molar-refractivity contribution < 1.29 is 161 Å². The van der Waals surface area contributed by atoms with E-state index in [2.05, 4.69) is 23.6 Å². The molecular formula is C91H91N5O35S10. The first-order chi connectivity index (χ1) is 67.5. The number of anilines is 5. The number of fused-ring (bicyclic) bond motifs is 5. The highest BCUT2D eigenvalue weighted by molar-refractivity contribution is 7.96. The lowest BCUT2D eigenvalue weighted by atomic mass is 9.96. The van der Waals surface area contributed by atoms with Gasteiger partial charge in [0.2, 0.25) is 62.7 Å². The highest BCUT2D eigenvalue weighted by Crippen LogP contribution is 2.55. The van der Waals surface area contributed by atoms with E-state index in [1.54, 1.807) is 84.9 Å². The number of esters is 5. The predicted octanol–water partition coefficient (Wildman–Crippen LogP) is 16.0. The first-order valence-corrected chi connectivity index (χ1v) is 54.2. The van der Waals surface area contributed by atoms with Crippen LogP contribution >= 0.6 is 56.7 Å². The van der Waals surface area contributed by atoms with Crippen molar-refractivity contribution in [1.82, 2.24) is 0 Å². The molecule has 5 aromatic carbocycles. The van der Waals surface area contributed by atoms with Crippen molar-refractivity contribution in [3.05, 3.63) is 176 Å². The van der Waals surface area contributed by atoms with Crippen molar-refractivity contribution in [3.63, 3.8) is 0 Å². The Labute approximate surface area is 829 Å². The van der Waals surface area contributed by atoms with Gasteiger partial charge in [-0.25, -0.2) is 66.1 Å². The van der Waals surface area contributed by atoms with Crippen LogP contribution in [0.25, 0.3) is 30.4 Å². The molecule has 6 N–H and O–H groups in total. The van der Waals surface area contributed by atoms with Gasteiger partial charge in [0.1, 0.15) is 45.0 Å². The summed E-state index contributed by atoms with van der Waals surface area (Å²) in [5.74, 6) is 0.582. The smallest absolute Gasteiger partial charge is 0.331 e. The Balaban J connectivity index is 0.000000140. The predicted molar refractivity (Wildman–Crippen MR) is 521 cm³/mol. The summed E-state index contributed by atoms with van der Waals surface area (Å²) in [5, 5.41) is 18.7. The van der Waals surface area contributed by atoms with Crippen LogP contribution in [0.15, 0.2) is 169 Å². The van der Waals surface area contributed by atoms with Crippen LogP contribution in [-0.4, -0.2) is 170 Å². The van der Waals surface area contributed by atoms with Gasteiger partial charge < -0.3 is 95.1 Å². The van der Waals surface area contributed by atoms with Crippen LogP contribution in [0.4, 0.5) is 28.4 Å². The minimum atomic E-state index is -3.83. The van der Waals surface area contributed by atoms with Crippen LogP contribution in [-0.2, 0) is 97.8 Å². The zero-order valence-corrected chi connectivity index (χ0v) is 84.0. The summed E-state index contributed by atoms with van der Waals surface area (Å²) in [6, 6.07) is 23.1. The summed E-state index contributed by atoms with van der Waals surface area (Å²) in [7, 11) is -13.2. The van der Waals surface area contributed by atoms with E-state index in [9.17, 15) is 71.2 Å². The number of sulfonamides is 5. The number of methoxy groups -OCH3 is 4. The van der Waals surface area contributed by atoms with Gasteiger partial charge in [0.05, 0.1) is 63.5 Å². The quantitative estimate of drug-likeness (QED) is 0.00963. The fraction of sp³-hybridized carbons (Fsp3) is 0.286. The lowest BCUT2D eigenvalue weighted by Crippen LogP contribution is -2.23. The van der Waals surface area contributed by atoms with E-state index >= 15 is 0 Å². The van der Waals surface area contributed by atoms with Gasteiger partial charge in [0.15, 0.2) is 57.5 Å². The number of carbonyl (C=O) groups is 5. The summed E-state index contributed by atoms with van der Waals surface area (Å²) in [4.78, 5) is 59.4. The van der Waals surface area contributed by atoms with Crippen LogP contribution in [0.1, 0.15) is 107 Å². The van der Waals surface area contributed by atoms with E-state index in [-0.39, 0.29) is 177 Å². The molecule has 3 aliphatic carbocycles. The molecule has 0 atom stereocenters. The molecule has 10 aromatic rings. The minimum Gasteiger partial charge on any atom is -0.504 e. The van der Waals surface area contributed by atoms with E-state index in [4.69, 9.17) is 90.0 Å². The van der Waals surface area contributed by atoms with Gasteiger partial charge >= 0.3 is 29.8 Å². The molecule has 0 radical (unpaired) electrons. The first kappa shape index (κ1) is 103. The second-order valence-corrected chi connectivity index (χ2v) is 45.4. The van der Waals surface area contributed by atoms with Crippen LogP contribution in [0.2, 0.25) is 0 Å². The Morgan fingerprint density at radius 2 is 0.582 bits per heavy atom. The zero-order valence-electron chi connectivity index (χ0n) is 75.9. The molecule has 0 amide bonds. The molecule has 50 heteroatoms. The Morgan fingerprint density at radius 1 is 0.348 bits per heavy atom. The van der Waals surface area contributed by atoms with Crippen molar-refractivity contribution in [2.75, 3.05) is 92.6 Å². The van der Waals surface area contributed by atoms with Crippen LogP contribution in [0.3, 0.4) is 0 Å². The van der Waals surface area contributed by atoms with Crippen molar-refractivity contribution in [1.29, 1.82) is 0 Å². The van der Waals surface area contributed by atoms with Gasteiger partial charge in [-0.15, -0.1) is 56.7 Å². The van der Waals surface area contributed by atoms with Crippen molar-refractivity contribution >= 4 is 195 Å². The number of phenolic OH excluding ortho intramolecular Hbond substituents is 1. The number of aromatic hydroxyl groups is 1. The normalized spacial score (nSPS) is 14.8. The van der Waals surface area contributed by atoms with E-state index in [1.807, 2.05) is 0 Å². The van der Waals surface area contributed by atoms with Crippen molar-refractivity contribution in [2.24, 2.45) is 0 Å². The van der Waals surface area contributed by atoms with E-state index < -0.39 is 85.6 Å². The lowest BCUT2D eigenvalue weighted by molar-refractivity contribution is -0.149. The highest BCUT2D eigenvalue weighted by Gasteiger charge is 2.37. The molecule has 141 heavy (non-hydrogen) atoms. The molecular weight excluding hydrogens is 2040 g/mol. The van der Waals surface area contributed by atoms with Gasteiger partial charge in [-0.3, -0.25) is 23.6 Å². The topological polar surface area (TPSA) is 512 Å². The molecule has 18 rings (SSSR count). The molecule has 3 saturated carbocycles. The third-order valence-corrected chi connectivity index (χ3v) is 34.0. The Kier molecular flexibility index (Phi) is 33.2. The highest BCUT2D eigenvalue weighted by atomic mass is 32.3. The van der Waals surface area contributed by atoms with Crippen molar-refractivity contribution in [3.8, 4) is 86.2 Å². The number of hydrogen-bond donors (Lipinski definition) is 6. The number of phenols is 1. The minimum absolute atomic E-state index is 0.0102.